The Hall–Kier alpha value is -3.45. The summed E-state index contributed by atoms with van der Waals surface area (Å²) in [6, 6.07) is 21.4. The van der Waals surface area contributed by atoms with Crippen LogP contribution in [0.5, 0.6) is 0 Å². The van der Waals surface area contributed by atoms with Gasteiger partial charge in [-0.05, 0) is 59.4 Å². The zero-order valence-corrected chi connectivity index (χ0v) is 18.1. The molecule has 1 aliphatic heterocycles. The second kappa shape index (κ2) is 9.14. The number of amides is 2. The third kappa shape index (κ3) is 5.00. The monoisotopic (exact) mass is 432 g/mol. The predicted molar refractivity (Wildman–Crippen MR) is 129 cm³/mol. The molecular formula is C24H24N4O2S. The van der Waals surface area contributed by atoms with Crippen LogP contribution in [0.4, 0.5) is 11.4 Å². The smallest absolute Gasteiger partial charge is 0.257 e. The number of nitrogens with one attached hydrogen (secondary N) is 2. The van der Waals surface area contributed by atoms with Gasteiger partial charge in [0.1, 0.15) is 0 Å². The first kappa shape index (κ1) is 20.8. The molecule has 0 aliphatic carbocycles. The van der Waals surface area contributed by atoms with Gasteiger partial charge in [-0.15, -0.1) is 0 Å². The number of benzene rings is 3. The minimum atomic E-state index is -0.247. The van der Waals surface area contributed by atoms with Crippen molar-refractivity contribution in [1.29, 1.82) is 0 Å². The van der Waals surface area contributed by atoms with Gasteiger partial charge in [-0.3, -0.25) is 14.9 Å². The predicted octanol–water partition coefficient (Wildman–Crippen LogP) is 3.64. The van der Waals surface area contributed by atoms with E-state index < -0.39 is 0 Å². The summed E-state index contributed by atoms with van der Waals surface area (Å²) < 4.78 is 0. The number of carbonyl (C=O) groups excluding carboxylic acids is 2. The molecule has 0 aromatic heterocycles. The molecule has 4 rings (SSSR count). The molecule has 158 valence electrons. The van der Waals surface area contributed by atoms with Crippen molar-refractivity contribution < 1.29 is 9.59 Å². The van der Waals surface area contributed by atoms with Crippen LogP contribution in [0.3, 0.4) is 0 Å². The first-order chi connectivity index (χ1) is 15.0. The van der Waals surface area contributed by atoms with Crippen molar-refractivity contribution in [2.24, 2.45) is 0 Å². The van der Waals surface area contributed by atoms with Gasteiger partial charge in [0.05, 0.1) is 0 Å². The van der Waals surface area contributed by atoms with Gasteiger partial charge in [0.15, 0.2) is 5.11 Å². The first-order valence-electron chi connectivity index (χ1n) is 10.2. The van der Waals surface area contributed by atoms with Gasteiger partial charge in [0, 0.05) is 50.0 Å². The molecule has 31 heavy (non-hydrogen) atoms. The van der Waals surface area contributed by atoms with Crippen LogP contribution in [0.15, 0.2) is 66.7 Å². The maximum atomic E-state index is 12.6. The van der Waals surface area contributed by atoms with E-state index in [1.165, 1.54) is 0 Å². The number of piperazine rings is 1. The quantitative estimate of drug-likeness (QED) is 0.619. The van der Waals surface area contributed by atoms with E-state index >= 15 is 0 Å². The number of hydrogen-bond acceptors (Lipinski definition) is 4. The average Bonchev–Trinajstić information content (AvgIpc) is 2.79. The summed E-state index contributed by atoms with van der Waals surface area (Å²) in [4.78, 5) is 28.1. The Bertz CT molecular complexity index is 1120. The molecule has 0 radical (unpaired) electrons. The van der Waals surface area contributed by atoms with Crippen molar-refractivity contribution in [1.82, 2.24) is 10.2 Å². The fourth-order valence-electron chi connectivity index (χ4n) is 3.70. The summed E-state index contributed by atoms with van der Waals surface area (Å²) in [7, 11) is 0. The van der Waals surface area contributed by atoms with E-state index in [2.05, 4.69) is 15.5 Å². The summed E-state index contributed by atoms with van der Waals surface area (Å²) in [5.41, 5.74) is 2.46. The van der Waals surface area contributed by atoms with Gasteiger partial charge in [-0.1, -0.05) is 30.3 Å². The highest BCUT2D eigenvalue weighted by molar-refractivity contribution is 7.80. The lowest BCUT2D eigenvalue weighted by molar-refractivity contribution is -0.129. The second-order valence-electron chi connectivity index (χ2n) is 7.51. The van der Waals surface area contributed by atoms with Crippen molar-refractivity contribution in [3.05, 3.63) is 72.3 Å². The van der Waals surface area contributed by atoms with Crippen LogP contribution >= 0.6 is 12.2 Å². The lowest BCUT2D eigenvalue weighted by Gasteiger charge is -2.35. The zero-order valence-electron chi connectivity index (χ0n) is 17.3. The maximum Gasteiger partial charge on any atom is 0.257 e. The topological polar surface area (TPSA) is 64.7 Å². The Labute approximate surface area is 186 Å². The highest BCUT2D eigenvalue weighted by atomic mass is 32.1. The summed E-state index contributed by atoms with van der Waals surface area (Å²) in [5, 5.41) is 8.14. The van der Waals surface area contributed by atoms with Gasteiger partial charge in [0.25, 0.3) is 5.91 Å². The summed E-state index contributed by atoms with van der Waals surface area (Å²) in [5.74, 6) is -0.123. The van der Waals surface area contributed by atoms with Crippen LogP contribution in [0.25, 0.3) is 10.8 Å². The molecule has 1 aliphatic rings. The van der Waals surface area contributed by atoms with Gasteiger partial charge < -0.3 is 15.1 Å². The molecule has 2 amide bonds. The SMILES string of the molecule is CC(=O)N1CCN(c2ccc(NC(=S)NC(=O)c3ccc4ccccc4c3)cc2)CC1. The molecule has 0 unspecified atom stereocenters. The van der Waals surface area contributed by atoms with Crippen molar-refractivity contribution in [3.8, 4) is 0 Å². The lowest BCUT2D eigenvalue weighted by atomic mass is 10.1. The van der Waals surface area contributed by atoms with E-state index in [0.717, 1.165) is 48.3 Å². The van der Waals surface area contributed by atoms with Crippen molar-refractivity contribution in [3.63, 3.8) is 0 Å². The highest BCUT2D eigenvalue weighted by Gasteiger charge is 2.18. The molecule has 1 fully saturated rings. The molecule has 0 atom stereocenters. The van der Waals surface area contributed by atoms with Crippen LogP contribution in [0.1, 0.15) is 17.3 Å². The number of rotatable bonds is 3. The van der Waals surface area contributed by atoms with Crippen LogP contribution in [0.2, 0.25) is 0 Å². The van der Waals surface area contributed by atoms with Crippen molar-refractivity contribution in [2.75, 3.05) is 36.4 Å². The molecule has 0 bridgehead atoms. The van der Waals surface area contributed by atoms with Gasteiger partial charge in [-0.25, -0.2) is 0 Å². The Balaban J connectivity index is 1.33. The van der Waals surface area contributed by atoms with E-state index in [4.69, 9.17) is 12.2 Å². The van der Waals surface area contributed by atoms with E-state index in [-0.39, 0.29) is 16.9 Å². The third-order valence-electron chi connectivity index (χ3n) is 5.45. The molecule has 1 heterocycles. The molecule has 6 nitrogen and oxygen atoms in total. The van der Waals surface area contributed by atoms with E-state index in [1.54, 1.807) is 13.0 Å². The Morgan fingerprint density at radius 2 is 1.55 bits per heavy atom. The summed E-state index contributed by atoms with van der Waals surface area (Å²) >= 11 is 5.31. The first-order valence-corrected chi connectivity index (χ1v) is 10.6. The Kier molecular flexibility index (Phi) is 6.13. The standard InChI is InChI=1S/C24H24N4O2S/c1-17(29)27-12-14-28(15-13-27)22-10-8-21(9-11-22)25-24(31)26-23(30)20-7-6-18-4-2-3-5-19(18)16-20/h2-11,16H,12-15H2,1H3,(H2,25,26,30,31). The van der Waals surface area contributed by atoms with Gasteiger partial charge >= 0.3 is 0 Å². The van der Waals surface area contributed by atoms with Crippen LogP contribution in [-0.2, 0) is 4.79 Å². The fourth-order valence-corrected chi connectivity index (χ4v) is 3.91. The lowest BCUT2D eigenvalue weighted by Crippen LogP contribution is -2.48. The van der Waals surface area contributed by atoms with E-state index in [1.807, 2.05) is 65.6 Å². The molecule has 7 heteroatoms. The van der Waals surface area contributed by atoms with E-state index in [9.17, 15) is 9.59 Å². The highest BCUT2D eigenvalue weighted by Crippen LogP contribution is 2.20. The molecule has 3 aromatic rings. The number of hydrogen-bond donors (Lipinski definition) is 2. The maximum absolute atomic E-state index is 12.6. The zero-order chi connectivity index (χ0) is 21.8. The number of anilines is 2. The van der Waals surface area contributed by atoms with Crippen LogP contribution in [0, 0.1) is 0 Å². The van der Waals surface area contributed by atoms with Crippen molar-refractivity contribution >= 4 is 51.3 Å². The molecule has 0 saturated carbocycles. The number of carbonyl (C=O) groups is 2. The molecule has 0 spiro atoms. The molecule has 1 saturated heterocycles. The number of fused-ring (bicyclic) bond motifs is 1. The molecule has 2 N–H and O–H groups in total. The normalized spacial score (nSPS) is 13.7. The average molecular weight is 433 g/mol. The second-order valence-corrected chi connectivity index (χ2v) is 7.92. The number of thiocarbonyl (C=S) groups is 1. The van der Waals surface area contributed by atoms with Crippen LogP contribution in [-0.4, -0.2) is 48.0 Å². The minimum Gasteiger partial charge on any atom is -0.368 e. The largest absolute Gasteiger partial charge is 0.368 e. The van der Waals surface area contributed by atoms with Gasteiger partial charge in [-0.2, -0.15) is 0 Å². The van der Waals surface area contributed by atoms with Crippen LogP contribution < -0.4 is 15.5 Å². The minimum absolute atomic E-state index is 0.124. The van der Waals surface area contributed by atoms with Gasteiger partial charge in [0.2, 0.25) is 5.91 Å². The Morgan fingerprint density at radius 1 is 0.871 bits per heavy atom. The third-order valence-corrected chi connectivity index (χ3v) is 5.66. The molecule has 3 aromatic carbocycles. The van der Waals surface area contributed by atoms with E-state index in [0.29, 0.717) is 5.56 Å². The molecular weight excluding hydrogens is 408 g/mol. The number of nitrogens with zero attached hydrogens (tertiary/aromatic N) is 2. The van der Waals surface area contributed by atoms with Crippen molar-refractivity contribution in [2.45, 2.75) is 6.92 Å². The summed E-state index contributed by atoms with van der Waals surface area (Å²) in [6.07, 6.45) is 0. The Morgan fingerprint density at radius 3 is 2.23 bits per heavy atom. The summed E-state index contributed by atoms with van der Waals surface area (Å²) in [6.45, 7) is 4.71. The fraction of sp³-hybridized carbons (Fsp3) is 0.208.